The van der Waals surface area contributed by atoms with Gasteiger partial charge in [0.1, 0.15) is 28.8 Å². The maximum absolute atomic E-state index is 13.8. The minimum atomic E-state index is -1.57. The number of β-lactam (4-membered cyclic amide) rings is 1. The van der Waals surface area contributed by atoms with Gasteiger partial charge in [0.25, 0.3) is 17.7 Å². The maximum atomic E-state index is 13.8. The Morgan fingerprint density at radius 3 is 2.45 bits per heavy atom. The molecule has 56 heavy (non-hydrogen) atoms. The molecule has 286 valence electrons. The number of carbonyl (C=O) groups is 5. The molecule has 0 saturated carbocycles. The van der Waals surface area contributed by atoms with E-state index in [-0.39, 0.29) is 74.6 Å². The Bertz CT molecular complexity index is 2150. The number of fused-ring (bicyclic) bond motifs is 1. The number of hydrogen-bond donors (Lipinski definition) is 5. The van der Waals surface area contributed by atoms with Crippen molar-refractivity contribution in [2.45, 2.75) is 35.1 Å². The van der Waals surface area contributed by atoms with E-state index in [1.54, 1.807) is 13.2 Å². The van der Waals surface area contributed by atoms with E-state index < -0.39 is 47.0 Å². The average molecular weight is 828 g/mol. The van der Waals surface area contributed by atoms with E-state index in [9.17, 15) is 39.3 Å². The van der Waals surface area contributed by atoms with Crippen LogP contribution in [0.25, 0.3) is 11.3 Å². The van der Waals surface area contributed by atoms with Gasteiger partial charge in [-0.2, -0.15) is 0 Å². The van der Waals surface area contributed by atoms with Crippen molar-refractivity contribution in [3.63, 3.8) is 0 Å². The van der Waals surface area contributed by atoms with Crippen molar-refractivity contribution in [2.24, 2.45) is 0 Å². The molecule has 2 aromatic heterocycles. The van der Waals surface area contributed by atoms with Crippen molar-refractivity contribution in [2.75, 3.05) is 31.8 Å². The van der Waals surface area contributed by atoms with E-state index in [0.29, 0.717) is 35.2 Å². The summed E-state index contributed by atoms with van der Waals surface area (Å²) < 4.78 is 5.39. The molecule has 0 spiro atoms. The van der Waals surface area contributed by atoms with Gasteiger partial charge in [-0.1, -0.05) is 65.1 Å². The smallest absolute Gasteiger partial charge is 0.543 e. The minimum absolute atomic E-state index is 0. The number of rotatable bonds is 15. The molecule has 5 N–H and O–H groups in total. The zero-order valence-electron chi connectivity index (χ0n) is 30.3. The molecule has 0 radical (unpaired) electrons. The molecule has 6 rings (SSSR count). The predicted octanol–water partition coefficient (Wildman–Crippen LogP) is -1.24. The number of aliphatic carboxylic acids is 1. The zero-order chi connectivity index (χ0) is 39.2. The van der Waals surface area contributed by atoms with Crippen molar-refractivity contribution in [3.05, 3.63) is 93.6 Å². The Hall–Kier alpha value is -4.50. The van der Waals surface area contributed by atoms with Gasteiger partial charge in [-0.3, -0.25) is 24.1 Å². The van der Waals surface area contributed by atoms with Gasteiger partial charge in [0.15, 0.2) is 4.34 Å². The van der Waals surface area contributed by atoms with Crippen LogP contribution in [0, 0.1) is 6.92 Å². The minimum Gasteiger partial charge on any atom is -0.543 e. The Kier molecular flexibility index (Phi) is 14.5. The van der Waals surface area contributed by atoms with Gasteiger partial charge in [-0.05, 0) is 48.7 Å². The summed E-state index contributed by atoms with van der Waals surface area (Å²) in [6, 6.07) is 13.3. The van der Waals surface area contributed by atoms with Crippen LogP contribution in [0.5, 0.6) is 11.6 Å². The third-order valence-corrected chi connectivity index (χ3v) is 12.0. The van der Waals surface area contributed by atoms with Gasteiger partial charge >= 0.3 is 29.6 Å². The summed E-state index contributed by atoms with van der Waals surface area (Å²) in [4.78, 5) is 70.7. The zero-order valence-corrected chi connectivity index (χ0v) is 34.8. The average Bonchev–Trinajstić information content (AvgIpc) is 3.66. The van der Waals surface area contributed by atoms with E-state index in [1.165, 1.54) is 42.1 Å². The predicted molar refractivity (Wildman–Crippen MR) is 201 cm³/mol. The second-order valence-electron chi connectivity index (χ2n) is 12.3. The first-order valence-corrected chi connectivity index (χ1v) is 19.6. The van der Waals surface area contributed by atoms with Crippen molar-refractivity contribution < 1.29 is 73.6 Å². The van der Waals surface area contributed by atoms with E-state index >= 15 is 0 Å². The first-order valence-electron chi connectivity index (χ1n) is 16.7. The SMILES string of the molecule is COCCCNC(=O)c1nnc(SCC2=C(C(=O)[O-])N3C(=O)C(NC(=O)C(NC(=O)c4ccc(-c5ccc(C)cc5)nc4O)c4ccc(O)cc4)[C@@H]3SC2)s1.[Na+]. The number of hydrogen-bond acceptors (Lipinski definition) is 15. The number of phenols is 1. The molecule has 1 saturated heterocycles. The second kappa shape index (κ2) is 19.1. The summed E-state index contributed by atoms with van der Waals surface area (Å²) in [7, 11) is 1.57. The van der Waals surface area contributed by atoms with Crippen LogP contribution in [-0.2, 0) is 19.1 Å². The fourth-order valence-electron chi connectivity index (χ4n) is 5.71. The molecule has 2 aliphatic rings. The normalized spacial score (nSPS) is 16.5. The molecule has 3 atom stereocenters. The van der Waals surface area contributed by atoms with Crippen molar-refractivity contribution in [3.8, 4) is 22.9 Å². The summed E-state index contributed by atoms with van der Waals surface area (Å²) in [6.45, 7) is 2.83. The van der Waals surface area contributed by atoms with Crippen molar-refractivity contribution in [1.29, 1.82) is 0 Å². The summed E-state index contributed by atoms with van der Waals surface area (Å²) in [6.07, 6.45) is 0.630. The number of aromatic hydroxyl groups is 2. The van der Waals surface area contributed by atoms with Crippen LogP contribution in [0.2, 0.25) is 0 Å². The molecular formula is C36H34N7NaO9S3. The van der Waals surface area contributed by atoms with Gasteiger partial charge in [-0.15, -0.1) is 22.0 Å². The second-order valence-corrected chi connectivity index (χ2v) is 15.6. The molecule has 16 nitrogen and oxygen atoms in total. The number of pyridine rings is 1. The summed E-state index contributed by atoms with van der Waals surface area (Å²) in [5.74, 6) is -4.63. The van der Waals surface area contributed by atoms with Crippen LogP contribution in [0.1, 0.15) is 43.7 Å². The molecule has 0 aliphatic carbocycles. The number of ether oxygens (including phenoxy) is 1. The number of aromatic nitrogens is 3. The van der Waals surface area contributed by atoms with Crippen LogP contribution in [0.3, 0.4) is 0 Å². The van der Waals surface area contributed by atoms with Gasteiger partial charge < -0.3 is 40.8 Å². The molecule has 20 heteroatoms. The number of carbonyl (C=O) groups excluding carboxylic acids is 5. The monoisotopic (exact) mass is 827 g/mol. The molecule has 0 bridgehead atoms. The van der Waals surface area contributed by atoms with E-state index in [1.807, 2.05) is 31.2 Å². The number of phenolic OH excluding ortho intramolecular Hbond substituents is 1. The summed E-state index contributed by atoms with van der Waals surface area (Å²) >= 11 is 3.44. The number of thioether (sulfide) groups is 2. The topological polar surface area (TPSA) is 236 Å². The Balaban J connectivity index is 0.00000600. The van der Waals surface area contributed by atoms with E-state index in [4.69, 9.17) is 4.74 Å². The number of methoxy groups -OCH3 is 1. The summed E-state index contributed by atoms with van der Waals surface area (Å²) in [5.41, 5.74) is 2.31. The first kappa shape index (κ1) is 42.6. The van der Waals surface area contributed by atoms with Gasteiger partial charge in [0, 0.05) is 37.3 Å². The van der Waals surface area contributed by atoms with Crippen LogP contribution in [0.4, 0.5) is 0 Å². The Morgan fingerprint density at radius 1 is 1.04 bits per heavy atom. The molecule has 2 aromatic carbocycles. The number of benzene rings is 2. The summed E-state index contributed by atoms with van der Waals surface area (Å²) in [5, 5.41) is 48.2. The van der Waals surface area contributed by atoms with Crippen LogP contribution in [0.15, 0.2) is 76.3 Å². The molecule has 4 heterocycles. The van der Waals surface area contributed by atoms with Crippen LogP contribution < -0.4 is 50.6 Å². The number of carboxylic acids is 1. The third kappa shape index (κ3) is 9.71. The Labute approximate surface area is 355 Å². The van der Waals surface area contributed by atoms with Crippen molar-refractivity contribution in [1.82, 2.24) is 36.0 Å². The fraction of sp³-hybridized carbons (Fsp3) is 0.278. The number of carboxylic acid groups (broad SMARTS) is 1. The van der Waals surface area contributed by atoms with Crippen molar-refractivity contribution >= 4 is 64.5 Å². The largest absolute Gasteiger partial charge is 1.00 e. The third-order valence-electron chi connectivity index (χ3n) is 8.55. The first-order chi connectivity index (χ1) is 26.4. The van der Waals surface area contributed by atoms with Gasteiger partial charge in [0.2, 0.25) is 16.8 Å². The fourth-order valence-corrected chi connectivity index (χ4v) is 8.96. The number of nitrogens with one attached hydrogen (secondary N) is 3. The number of amides is 4. The molecule has 2 aliphatic heterocycles. The molecule has 2 unspecified atom stereocenters. The number of nitrogens with zero attached hydrogens (tertiary/aromatic N) is 4. The molecular weight excluding hydrogens is 794 g/mol. The molecule has 4 aromatic rings. The van der Waals surface area contributed by atoms with Gasteiger partial charge in [-0.25, -0.2) is 4.98 Å². The van der Waals surface area contributed by atoms with E-state index in [2.05, 4.69) is 31.1 Å². The van der Waals surface area contributed by atoms with Gasteiger partial charge in [0.05, 0.1) is 17.4 Å². The van der Waals surface area contributed by atoms with Crippen LogP contribution in [-0.4, -0.2) is 103 Å². The Morgan fingerprint density at radius 2 is 1.77 bits per heavy atom. The standard InChI is InChI=1S/C36H35N7O9S3.Na/c1-18-4-6-19(7-5-18)24-13-12-23(28(45)38-24)29(46)39-25(20-8-10-22(44)11-9-20)30(47)40-26-33(49)43-27(35(50)51)21(16-53-34(26)43)17-54-36-42-41-32(55-36)31(48)37-14-3-15-52-2;/h4-13,25-26,34,44H,3,14-17H2,1-2H3,(H,37,48)(H,38,45)(H,39,46)(H,40,47)(H,50,51);/q;+1/p-1/t25?,26?,34-;/m0./s1. The molecule has 4 amide bonds. The maximum Gasteiger partial charge on any atom is 1.00 e. The number of aryl methyl sites for hydroxylation is 1. The van der Waals surface area contributed by atoms with E-state index in [0.717, 1.165) is 39.1 Å². The van der Waals surface area contributed by atoms with Crippen LogP contribution >= 0.6 is 34.9 Å². The quantitative estimate of drug-likeness (QED) is 0.0408. The molecule has 1 fully saturated rings.